The Morgan fingerprint density at radius 2 is 1.82 bits per heavy atom. The first-order chi connectivity index (χ1) is 10.6. The third-order valence-electron chi connectivity index (χ3n) is 6.27. The number of nitrogens with zero attached hydrogens (tertiary/aromatic N) is 1. The molecule has 1 saturated carbocycles. The number of likely N-dealkylation sites (N-methyl/N-ethyl adjacent to an activating group) is 1. The van der Waals surface area contributed by atoms with Crippen molar-refractivity contribution in [1.82, 2.24) is 0 Å². The Morgan fingerprint density at radius 3 is 2.41 bits per heavy atom. The first-order valence-electron chi connectivity index (χ1n) is 8.82. The van der Waals surface area contributed by atoms with E-state index in [0.717, 1.165) is 29.4 Å². The van der Waals surface area contributed by atoms with Gasteiger partial charge in [0.2, 0.25) is 0 Å². The first-order valence-corrected chi connectivity index (χ1v) is 8.82. The molecule has 5 rings (SSSR count). The predicted octanol–water partition coefficient (Wildman–Crippen LogP) is 2.54. The monoisotopic (exact) mass is 302 g/mol. The molecule has 0 aromatic heterocycles. The van der Waals surface area contributed by atoms with Crippen LogP contribution in [0.4, 0.5) is 0 Å². The third-order valence-corrected chi connectivity index (χ3v) is 6.27. The SMILES string of the molecule is C[N+]12CCC(CC1)[C@@H](OCC(O)(c1ccccc1)C1CC1)C2. The molecule has 3 heterocycles. The van der Waals surface area contributed by atoms with E-state index in [4.69, 9.17) is 4.74 Å². The predicted molar refractivity (Wildman–Crippen MR) is 86.3 cm³/mol. The molecule has 1 aliphatic carbocycles. The Hall–Kier alpha value is -0.900. The fraction of sp³-hybridized carbons (Fsp3) is 0.684. The van der Waals surface area contributed by atoms with Crippen LogP contribution < -0.4 is 0 Å². The Labute approximate surface area is 133 Å². The largest absolute Gasteiger partial charge is 0.382 e. The zero-order chi connectivity index (χ0) is 15.2. The van der Waals surface area contributed by atoms with Gasteiger partial charge in [-0.05, 0) is 24.3 Å². The lowest BCUT2D eigenvalue weighted by Gasteiger charge is -2.50. The molecule has 22 heavy (non-hydrogen) atoms. The number of ether oxygens (including phenoxy) is 1. The maximum Gasteiger partial charge on any atom is 0.116 e. The average Bonchev–Trinajstić information content (AvgIpc) is 3.39. The van der Waals surface area contributed by atoms with E-state index >= 15 is 0 Å². The van der Waals surface area contributed by atoms with Gasteiger partial charge in [0.1, 0.15) is 18.2 Å². The van der Waals surface area contributed by atoms with Crippen molar-refractivity contribution in [1.29, 1.82) is 0 Å². The molecule has 1 aromatic rings. The standard InChI is InChI=1S/C19H28NO2/c1-20-11-9-15(10-12-20)18(13-20)22-14-19(21,17-7-8-17)16-5-3-2-4-6-16/h2-6,15,17-18,21H,7-14H2,1H3/q+1/t15?,18-,19?,20?/m0/s1. The van der Waals surface area contributed by atoms with Crippen LogP contribution in [0.5, 0.6) is 0 Å². The molecule has 3 saturated heterocycles. The zero-order valence-electron chi connectivity index (χ0n) is 13.6. The lowest BCUT2D eigenvalue weighted by atomic mass is 9.83. The molecule has 1 unspecified atom stereocenters. The topological polar surface area (TPSA) is 29.5 Å². The van der Waals surface area contributed by atoms with E-state index < -0.39 is 5.60 Å². The van der Waals surface area contributed by atoms with Crippen LogP contribution in [0.25, 0.3) is 0 Å². The summed E-state index contributed by atoms with van der Waals surface area (Å²) in [5, 5.41) is 11.3. The number of hydrogen-bond donors (Lipinski definition) is 1. The summed E-state index contributed by atoms with van der Waals surface area (Å²) in [7, 11) is 2.36. The lowest BCUT2D eigenvalue weighted by Crippen LogP contribution is -2.62. The van der Waals surface area contributed by atoms with Gasteiger partial charge in [-0.15, -0.1) is 0 Å². The van der Waals surface area contributed by atoms with Gasteiger partial charge in [0, 0.05) is 18.8 Å². The van der Waals surface area contributed by atoms with Crippen molar-refractivity contribution in [3.8, 4) is 0 Å². The van der Waals surface area contributed by atoms with E-state index in [0.29, 0.717) is 24.5 Å². The van der Waals surface area contributed by atoms with Crippen LogP contribution in [0.15, 0.2) is 30.3 Å². The van der Waals surface area contributed by atoms with Crippen molar-refractivity contribution in [3.63, 3.8) is 0 Å². The molecule has 4 fully saturated rings. The third kappa shape index (κ3) is 2.60. The molecule has 3 nitrogen and oxygen atoms in total. The molecule has 3 aliphatic heterocycles. The van der Waals surface area contributed by atoms with Crippen molar-refractivity contribution < 1.29 is 14.3 Å². The molecular formula is C19H28NO2+. The van der Waals surface area contributed by atoms with Crippen LogP contribution in [0.2, 0.25) is 0 Å². The van der Waals surface area contributed by atoms with Gasteiger partial charge in [-0.3, -0.25) is 0 Å². The van der Waals surface area contributed by atoms with Crippen molar-refractivity contribution in [2.24, 2.45) is 11.8 Å². The van der Waals surface area contributed by atoms with Crippen molar-refractivity contribution in [3.05, 3.63) is 35.9 Å². The Kier molecular flexibility index (Phi) is 3.55. The van der Waals surface area contributed by atoms with Gasteiger partial charge in [-0.2, -0.15) is 0 Å². The van der Waals surface area contributed by atoms with Gasteiger partial charge in [0.15, 0.2) is 0 Å². The van der Waals surface area contributed by atoms with Gasteiger partial charge in [-0.25, -0.2) is 0 Å². The van der Waals surface area contributed by atoms with E-state index in [1.807, 2.05) is 30.3 Å². The van der Waals surface area contributed by atoms with E-state index in [2.05, 4.69) is 7.05 Å². The van der Waals surface area contributed by atoms with Crippen LogP contribution >= 0.6 is 0 Å². The van der Waals surface area contributed by atoms with Crippen LogP contribution in [-0.4, -0.2) is 49.0 Å². The molecule has 120 valence electrons. The molecule has 1 N–H and O–H groups in total. The van der Waals surface area contributed by atoms with Gasteiger partial charge in [-0.1, -0.05) is 30.3 Å². The smallest absolute Gasteiger partial charge is 0.116 e. The maximum absolute atomic E-state index is 11.3. The number of fused-ring (bicyclic) bond motifs is 3. The molecule has 3 heteroatoms. The molecule has 1 aromatic carbocycles. The number of hydrogen-bond acceptors (Lipinski definition) is 2. The fourth-order valence-corrected chi connectivity index (χ4v) is 4.50. The summed E-state index contributed by atoms with van der Waals surface area (Å²) in [6.45, 7) is 4.19. The normalized spacial score (nSPS) is 37.0. The Bertz CT molecular complexity index is 519. The highest BCUT2D eigenvalue weighted by Crippen LogP contribution is 2.46. The van der Waals surface area contributed by atoms with Crippen molar-refractivity contribution in [2.45, 2.75) is 37.4 Å². The van der Waals surface area contributed by atoms with Crippen LogP contribution in [0, 0.1) is 11.8 Å². The van der Waals surface area contributed by atoms with Crippen molar-refractivity contribution >= 4 is 0 Å². The Morgan fingerprint density at radius 1 is 1.14 bits per heavy atom. The highest BCUT2D eigenvalue weighted by atomic mass is 16.5. The number of aliphatic hydroxyl groups is 1. The second-order valence-electron chi connectivity index (χ2n) is 8.00. The summed E-state index contributed by atoms with van der Waals surface area (Å²) in [6.07, 6.45) is 5.15. The number of piperidine rings is 3. The number of quaternary nitrogens is 1. The van der Waals surface area contributed by atoms with Gasteiger partial charge in [0.05, 0.1) is 26.7 Å². The minimum absolute atomic E-state index is 0.335. The highest BCUT2D eigenvalue weighted by molar-refractivity contribution is 5.25. The second-order valence-corrected chi connectivity index (χ2v) is 8.00. The summed E-state index contributed by atoms with van der Waals surface area (Å²) >= 11 is 0. The van der Waals surface area contributed by atoms with Gasteiger partial charge in [0.25, 0.3) is 0 Å². The average molecular weight is 302 g/mol. The van der Waals surface area contributed by atoms with E-state index in [-0.39, 0.29) is 0 Å². The quantitative estimate of drug-likeness (QED) is 0.847. The second kappa shape index (κ2) is 5.33. The Balaban J connectivity index is 1.47. The summed E-state index contributed by atoms with van der Waals surface area (Å²) in [4.78, 5) is 0. The maximum atomic E-state index is 11.3. The minimum Gasteiger partial charge on any atom is -0.382 e. The molecule has 0 amide bonds. The van der Waals surface area contributed by atoms with E-state index in [1.165, 1.54) is 25.9 Å². The molecule has 2 bridgehead atoms. The number of benzene rings is 1. The molecule has 0 spiro atoms. The summed E-state index contributed by atoms with van der Waals surface area (Å²) < 4.78 is 7.50. The molecule has 4 aliphatic rings. The minimum atomic E-state index is -0.786. The van der Waals surface area contributed by atoms with Gasteiger partial charge >= 0.3 is 0 Å². The fourth-order valence-electron chi connectivity index (χ4n) is 4.50. The molecular weight excluding hydrogens is 274 g/mol. The van der Waals surface area contributed by atoms with Crippen molar-refractivity contribution in [2.75, 3.05) is 33.3 Å². The summed E-state index contributed by atoms with van der Waals surface area (Å²) in [6, 6.07) is 10.1. The summed E-state index contributed by atoms with van der Waals surface area (Å²) in [5.41, 5.74) is 0.241. The molecule has 0 radical (unpaired) electrons. The zero-order valence-corrected chi connectivity index (χ0v) is 13.6. The van der Waals surface area contributed by atoms with Crippen LogP contribution in [0.3, 0.4) is 0 Å². The van der Waals surface area contributed by atoms with Crippen LogP contribution in [-0.2, 0) is 10.3 Å². The number of rotatable bonds is 5. The van der Waals surface area contributed by atoms with E-state index in [9.17, 15) is 5.11 Å². The molecule has 2 atom stereocenters. The lowest BCUT2D eigenvalue weighted by molar-refractivity contribution is -0.928. The highest BCUT2D eigenvalue weighted by Gasteiger charge is 2.48. The van der Waals surface area contributed by atoms with E-state index in [1.54, 1.807) is 0 Å². The van der Waals surface area contributed by atoms with Gasteiger partial charge < -0.3 is 14.3 Å². The van der Waals surface area contributed by atoms with Crippen LogP contribution in [0.1, 0.15) is 31.2 Å². The first kappa shape index (κ1) is 14.7. The summed E-state index contributed by atoms with van der Waals surface area (Å²) in [5.74, 6) is 1.08.